The standard InChI is InChI=1S/C16H19N3O2/c1-11-5-7-13(8-6-11)19-16(3,15(20)21-4)14-12(2)17-9-10-18-14/h5-10,19H,1-4H3. The summed E-state index contributed by atoms with van der Waals surface area (Å²) in [5.74, 6) is -0.410. The van der Waals surface area contributed by atoms with Crippen LogP contribution in [0.1, 0.15) is 23.9 Å². The number of nitrogens with zero attached hydrogens (tertiary/aromatic N) is 2. The lowest BCUT2D eigenvalue weighted by molar-refractivity contribution is -0.145. The van der Waals surface area contributed by atoms with Gasteiger partial charge in [-0.2, -0.15) is 0 Å². The zero-order chi connectivity index (χ0) is 15.5. The fourth-order valence-corrected chi connectivity index (χ4v) is 2.24. The van der Waals surface area contributed by atoms with E-state index in [2.05, 4.69) is 15.3 Å². The molecule has 1 aromatic heterocycles. The molecule has 21 heavy (non-hydrogen) atoms. The van der Waals surface area contributed by atoms with Crippen LogP contribution in [-0.4, -0.2) is 23.0 Å². The number of rotatable bonds is 4. The average molecular weight is 285 g/mol. The maximum absolute atomic E-state index is 12.3. The van der Waals surface area contributed by atoms with Gasteiger partial charge in [0.1, 0.15) is 0 Å². The Kier molecular flexibility index (Phi) is 4.21. The first-order valence-electron chi connectivity index (χ1n) is 6.68. The fraction of sp³-hybridized carbons (Fsp3) is 0.312. The number of carbonyl (C=O) groups is 1. The Hall–Kier alpha value is -2.43. The lowest BCUT2D eigenvalue weighted by atomic mass is 9.95. The highest BCUT2D eigenvalue weighted by Crippen LogP contribution is 2.27. The third-order valence-corrected chi connectivity index (χ3v) is 3.39. The van der Waals surface area contributed by atoms with Gasteiger partial charge < -0.3 is 10.1 Å². The van der Waals surface area contributed by atoms with E-state index in [4.69, 9.17) is 4.74 Å². The van der Waals surface area contributed by atoms with E-state index in [-0.39, 0.29) is 0 Å². The van der Waals surface area contributed by atoms with Gasteiger partial charge in [-0.05, 0) is 32.9 Å². The Morgan fingerprint density at radius 3 is 2.33 bits per heavy atom. The number of esters is 1. The lowest BCUT2D eigenvalue weighted by Gasteiger charge is -2.29. The van der Waals surface area contributed by atoms with E-state index in [1.165, 1.54) is 7.11 Å². The molecule has 1 N–H and O–H groups in total. The van der Waals surface area contributed by atoms with Crippen molar-refractivity contribution in [3.8, 4) is 0 Å². The molecule has 0 aliphatic rings. The van der Waals surface area contributed by atoms with Gasteiger partial charge in [0.15, 0.2) is 5.54 Å². The van der Waals surface area contributed by atoms with Gasteiger partial charge in [-0.15, -0.1) is 0 Å². The van der Waals surface area contributed by atoms with E-state index in [0.717, 1.165) is 11.3 Å². The molecule has 0 saturated carbocycles. The number of benzene rings is 1. The van der Waals surface area contributed by atoms with Crippen molar-refractivity contribution in [2.45, 2.75) is 26.3 Å². The third-order valence-electron chi connectivity index (χ3n) is 3.39. The largest absolute Gasteiger partial charge is 0.467 e. The van der Waals surface area contributed by atoms with E-state index in [9.17, 15) is 4.79 Å². The lowest BCUT2D eigenvalue weighted by Crippen LogP contribution is -2.43. The van der Waals surface area contributed by atoms with Gasteiger partial charge in [0.2, 0.25) is 0 Å². The van der Waals surface area contributed by atoms with Crippen LogP contribution in [0.3, 0.4) is 0 Å². The summed E-state index contributed by atoms with van der Waals surface area (Å²) in [6.07, 6.45) is 3.17. The molecule has 0 amide bonds. The number of carbonyl (C=O) groups excluding carboxylic acids is 1. The number of aromatic nitrogens is 2. The van der Waals surface area contributed by atoms with Crippen molar-refractivity contribution in [2.24, 2.45) is 0 Å². The molecular formula is C16H19N3O2. The minimum Gasteiger partial charge on any atom is -0.467 e. The second-order valence-corrected chi connectivity index (χ2v) is 5.10. The van der Waals surface area contributed by atoms with E-state index in [1.807, 2.05) is 38.1 Å². The van der Waals surface area contributed by atoms with E-state index in [1.54, 1.807) is 19.3 Å². The van der Waals surface area contributed by atoms with Crippen LogP contribution in [0.15, 0.2) is 36.7 Å². The molecule has 2 rings (SSSR count). The summed E-state index contributed by atoms with van der Waals surface area (Å²) < 4.78 is 4.95. The highest BCUT2D eigenvalue weighted by molar-refractivity contribution is 5.85. The molecule has 0 spiro atoms. The van der Waals surface area contributed by atoms with Crippen LogP contribution in [0.2, 0.25) is 0 Å². The topological polar surface area (TPSA) is 64.1 Å². The number of hydrogen-bond donors (Lipinski definition) is 1. The molecule has 1 heterocycles. The van der Waals surface area contributed by atoms with Crippen LogP contribution >= 0.6 is 0 Å². The zero-order valence-corrected chi connectivity index (χ0v) is 12.7. The van der Waals surface area contributed by atoms with Gasteiger partial charge >= 0.3 is 5.97 Å². The van der Waals surface area contributed by atoms with Gasteiger partial charge in [-0.1, -0.05) is 17.7 Å². The number of methoxy groups -OCH3 is 1. The second kappa shape index (κ2) is 5.91. The quantitative estimate of drug-likeness (QED) is 0.875. The number of nitrogens with one attached hydrogen (secondary N) is 1. The van der Waals surface area contributed by atoms with Crippen molar-refractivity contribution in [3.63, 3.8) is 0 Å². The number of aryl methyl sites for hydroxylation is 2. The summed E-state index contributed by atoms with van der Waals surface area (Å²) in [4.78, 5) is 20.8. The van der Waals surface area contributed by atoms with Crippen molar-refractivity contribution < 1.29 is 9.53 Å². The minimum absolute atomic E-state index is 0.410. The van der Waals surface area contributed by atoms with Crippen LogP contribution in [-0.2, 0) is 15.1 Å². The molecule has 110 valence electrons. The predicted molar refractivity (Wildman–Crippen MR) is 80.9 cm³/mol. The number of anilines is 1. The van der Waals surface area contributed by atoms with Crippen LogP contribution in [0, 0.1) is 13.8 Å². The monoisotopic (exact) mass is 285 g/mol. The van der Waals surface area contributed by atoms with Crippen LogP contribution < -0.4 is 5.32 Å². The summed E-state index contributed by atoms with van der Waals surface area (Å²) in [6, 6.07) is 7.79. The first-order chi connectivity index (χ1) is 9.97. The predicted octanol–water partition coefficient (Wildman–Crippen LogP) is 2.59. The van der Waals surface area contributed by atoms with Gasteiger partial charge in [0.25, 0.3) is 0 Å². The molecule has 5 heteroatoms. The maximum Gasteiger partial charge on any atom is 0.337 e. The average Bonchev–Trinajstić information content (AvgIpc) is 2.49. The van der Waals surface area contributed by atoms with Gasteiger partial charge in [-0.25, -0.2) is 4.79 Å². The SMILES string of the molecule is COC(=O)C(C)(Nc1ccc(C)cc1)c1nccnc1C. The third kappa shape index (κ3) is 3.02. The van der Waals surface area contributed by atoms with E-state index >= 15 is 0 Å². The summed E-state index contributed by atoms with van der Waals surface area (Å²) in [6.45, 7) is 5.58. The van der Waals surface area contributed by atoms with Crippen molar-refractivity contribution in [3.05, 3.63) is 53.6 Å². The zero-order valence-electron chi connectivity index (χ0n) is 12.7. The Balaban J connectivity index is 2.45. The fourth-order valence-electron chi connectivity index (χ4n) is 2.24. The maximum atomic E-state index is 12.3. The summed E-state index contributed by atoms with van der Waals surface area (Å²) >= 11 is 0. The van der Waals surface area contributed by atoms with Crippen molar-refractivity contribution in [1.82, 2.24) is 9.97 Å². The Morgan fingerprint density at radius 2 is 1.76 bits per heavy atom. The van der Waals surface area contributed by atoms with Crippen LogP contribution in [0.25, 0.3) is 0 Å². The molecule has 0 saturated heterocycles. The normalized spacial score (nSPS) is 13.3. The molecule has 2 aromatic rings. The Labute approximate surface area is 124 Å². The molecule has 0 bridgehead atoms. The first kappa shape index (κ1) is 15.0. The Bertz CT molecular complexity index is 640. The molecule has 1 aromatic carbocycles. The number of hydrogen-bond acceptors (Lipinski definition) is 5. The molecule has 0 aliphatic carbocycles. The summed E-state index contributed by atoms with van der Waals surface area (Å²) in [5.41, 5.74) is 2.11. The first-order valence-corrected chi connectivity index (χ1v) is 6.68. The van der Waals surface area contributed by atoms with Crippen molar-refractivity contribution in [1.29, 1.82) is 0 Å². The molecule has 0 aliphatic heterocycles. The van der Waals surface area contributed by atoms with Gasteiger partial charge in [0, 0.05) is 18.1 Å². The second-order valence-electron chi connectivity index (χ2n) is 5.10. The smallest absolute Gasteiger partial charge is 0.337 e. The summed E-state index contributed by atoms with van der Waals surface area (Å²) in [5, 5.41) is 3.21. The molecular weight excluding hydrogens is 266 g/mol. The Morgan fingerprint density at radius 1 is 1.14 bits per heavy atom. The molecule has 0 fully saturated rings. The van der Waals surface area contributed by atoms with Crippen molar-refractivity contribution in [2.75, 3.05) is 12.4 Å². The van der Waals surface area contributed by atoms with E-state index in [0.29, 0.717) is 11.4 Å². The molecule has 1 unspecified atom stereocenters. The van der Waals surface area contributed by atoms with Crippen LogP contribution in [0.5, 0.6) is 0 Å². The summed E-state index contributed by atoms with van der Waals surface area (Å²) in [7, 11) is 1.36. The number of ether oxygens (including phenoxy) is 1. The van der Waals surface area contributed by atoms with Gasteiger partial charge in [-0.3, -0.25) is 9.97 Å². The molecule has 1 atom stereocenters. The molecule has 0 radical (unpaired) electrons. The van der Waals surface area contributed by atoms with E-state index < -0.39 is 11.5 Å². The highest BCUT2D eigenvalue weighted by atomic mass is 16.5. The van der Waals surface area contributed by atoms with Crippen LogP contribution in [0.4, 0.5) is 5.69 Å². The van der Waals surface area contributed by atoms with Gasteiger partial charge in [0.05, 0.1) is 18.5 Å². The minimum atomic E-state index is -1.09. The van der Waals surface area contributed by atoms with Crippen molar-refractivity contribution >= 4 is 11.7 Å². The highest BCUT2D eigenvalue weighted by Gasteiger charge is 2.39. The molecule has 5 nitrogen and oxygen atoms in total.